The number of amides is 2. The SMILES string of the molecule is C=N/C=C(Oc1ccc(F)cc1C(=O)N(C(C)C)C(C)C)\C(=N/C)N1CCC2(CCN(Cc3ccc4c(cc(C#N)n4CCC4CNC(=O)CO4)c3C)C2)C1. The average molecular weight is 753 g/mol. The number of nitrogens with zero attached hydrogens (tertiary/aromatic N) is 7. The fourth-order valence-corrected chi connectivity index (χ4v) is 8.57. The summed E-state index contributed by atoms with van der Waals surface area (Å²) in [6.45, 7) is 19.0. The monoisotopic (exact) mass is 752 g/mol. The molecule has 13 heteroatoms. The van der Waals surface area contributed by atoms with Crippen molar-refractivity contribution in [3.8, 4) is 11.8 Å². The standard InChI is InChI=1S/C42H53FN8O4/c1-27(2)51(28(3)4)41(53)35-18-31(43)9-11-37(35)55-38(22-45-6)40(46-7)49-17-14-42(26-49)13-16-48(25-42)23-30-8-10-36-34(29(30)5)19-32(20-44)50(36)15-12-33-21-47-39(52)24-54-33/h8-11,18-19,22,27-28,33H,6,12-17,21,23-26H2,1-5,7H3,(H,47,52)/b38-22+,46-40+. The van der Waals surface area contributed by atoms with Crippen molar-refractivity contribution in [3.05, 3.63) is 76.6 Å². The maximum atomic E-state index is 14.6. The number of rotatable bonds is 12. The number of hydrogen-bond acceptors (Lipinski definition) is 8. The molecule has 3 saturated heterocycles. The van der Waals surface area contributed by atoms with Gasteiger partial charge in [-0.25, -0.2) is 4.39 Å². The van der Waals surface area contributed by atoms with Gasteiger partial charge in [0.25, 0.3) is 5.91 Å². The Morgan fingerprint density at radius 3 is 2.62 bits per heavy atom. The third-order valence-corrected chi connectivity index (χ3v) is 11.3. The molecule has 2 aromatic carbocycles. The molecule has 1 N–H and O–H groups in total. The second-order valence-electron chi connectivity index (χ2n) is 15.6. The van der Waals surface area contributed by atoms with Crippen molar-refractivity contribution in [2.24, 2.45) is 15.4 Å². The number of carbonyl (C=O) groups is 2. The first-order valence-electron chi connectivity index (χ1n) is 19.2. The van der Waals surface area contributed by atoms with E-state index in [1.54, 1.807) is 11.9 Å². The van der Waals surface area contributed by atoms with Gasteiger partial charge in [0.2, 0.25) is 5.91 Å². The lowest BCUT2D eigenvalue weighted by Crippen LogP contribution is -2.43. The van der Waals surface area contributed by atoms with E-state index in [-0.39, 0.29) is 53.3 Å². The highest BCUT2D eigenvalue weighted by molar-refractivity contribution is 5.99. The summed E-state index contributed by atoms with van der Waals surface area (Å²) in [6, 6.07) is 12.5. The highest BCUT2D eigenvalue weighted by atomic mass is 19.1. The Balaban J connectivity index is 1.14. The van der Waals surface area contributed by atoms with Gasteiger partial charge in [-0.3, -0.25) is 24.5 Å². The van der Waals surface area contributed by atoms with Crippen LogP contribution in [0.15, 0.2) is 58.3 Å². The van der Waals surface area contributed by atoms with E-state index in [0.29, 0.717) is 36.8 Å². The third-order valence-electron chi connectivity index (χ3n) is 11.3. The maximum Gasteiger partial charge on any atom is 0.258 e. The van der Waals surface area contributed by atoms with Crippen molar-refractivity contribution in [3.63, 3.8) is 0 Å². The molecule has 1 aromatic heterocycles. The molecule has 4 heterocycles. The van der Waals surface area contributed by atoms with Crippen LogP contribution in [0.5, 0.6) is 5.75 Å². The number of halogens is 1. The normalized spacial score (nSPS) is 20.8. The summed E-state index contributed by atoms with van der Waals surface area (Å²) < 4.78 is 28.7. The number of fused-ring (bicyclic) bond motifs is 1. The molecule has 6 rings (SSSR count). The molecule has 3 aliphatic rings. The Hall–Kier alpha value is -5.06. The fourth-order valence-electron chi connectivity index (χ4n) is 8.57. The van der Waals surface area contributed by atoms with Crippen LogP contribution in [0.25, 0.3) is 10.9 Å². The van der Waals surface area contributed by atoms with E-state index in [1.165, 1.54) is 35.5 Å². The molecule has 0 aliphatic carbocycles. The van der Waals surface area contributed by atoms with Crippen molar-refractivity contribution in [2.75, 3.05) is 46.4 Å². The highest BCUT2D eigenvalue weighted by Gasteiger charge is 2.45. The van der Waals surface area contributed by atoms with Crippen molar-refractivity contribution in [1.29, 1.82) is 5.26 Å². The number of aromatic nitrogens is 1. The molecule has 2 atom stereocenters. The molecule has 3 aliphatic heterocycles. The number of benzene rings is 2. The predicted molar refractivity (Wildman–Crippen MR) is 212 cm³/mol. The van der Waals surface area contributed by atoms with Gasteiger partial charge in [-0.1, -0.05) is 6.07 Å². The molecule has 0 radical (unpaired) electrons. The summed E-state index contributed by atoms with van der Waals surface area (Å²) in [4.78, 5) is 40.3. The molecule has 292 valence electrons. The molecule has 12 nitrogen and oxygen atoms in total. The van der Waals surface area contributed by atoms with Crippen LogP contribution in [0.3, 0.4) is 0 Å². The van der Waals surface area contributed by atoms with Gasteiger partial charge in [0.15, 0.2) is 11.6 Å². The van der Waals surface area contributed by atoms with Gasteiger partial charge < -0.3 is 29.2 Å². The minimum Gasteiger partial charge on any atom is -0.451 e. The summed E-state index contributed by atoms with van der Waals surface area (Å²) in [5.41, 5.74) is 4.26. The number of likely N-dealkylation sites (tertiary alicyclic amines) is 2. The van der Waals surface area contributed by atoms with Crippen LogP contribution in [0.1, 0.15) is 74.1 Å². The smallest absolute Gasteiger partial charge is 0.258 e. The number of carbonyl (C=O) groups excluding carboxylic acids is 2. The minimum absolute atomic E-state index is 0.0602. The number of aliphatic imine (C=N–C) groups is 2. The number of ether oxygens (including phenoxy) is 2. The Labute approximate surface area is 323 Å². The highest BCUT2D eigenvalue weighted by Crippen LogP contribution is 2.41. The van der Waals surface area contributed by atoms with Gasteiger partial charge >= 0.3 is 0 Å². The lowest BCUT2D eigenvalue weighted by molar-refractivity contribution is -0.133. The number of amidine groups is 1. The predicted octanol–water partition coefficient (Wildman–Crippen LogP) is 5.67. The van der Waals surface area contributed by atoms with Crippen LogP contribution in [0.4, 0.5) is 4.39 Å². The fraction of sp³-hybridized carbons (Fsp3) is 0.500. The largest absolute Gasteiger partial charge is 0.451 e. The van der Waals surface area contributed by atoms with Crippen molar-refractivity contribution < 1.29 is 23.5 Å². The molecule has 2 unspecified atom stereocenters. The molecule has 1 spiro atoms. The zero-order valence-electron chi connectivity index (χ0n) is 32.9. The van der Waals surface area contributed by atoms with E-state index in [4.69, 9.17) is 9.47 Å². The van der Waals surface area contributed by atoms with E-state index in [9.17, 15) is 19.2 Å². The minimum atomic E-state index is -0.522. The lowest BCUT2D eigenvalue weighted by atomic mass is 9.86. The number of hydrogen-bond donors (Lipinski definition) is 1. The van der Waals surface area contributed by atoms with Crippen molar-refractivity contribution >= 4 is 35.3 Å². The van der Waals surface area contributed by atoms with Crippen LogP contribution in [0.2, 0.25) is 0 Å². The average Bonchev–Trinajstić information content (AvgIpc) is 3.86. The zero-order chi connectivity index (χ0) is 39.4. The van der Waals surface area contributed by atoms with Crippen molar-refractivity contribution in [2.45, 2.75) is 85.2 Å². The first-order valence-corrected chi connectivity index (χ1v) is 19.2. The molecule has 3 fully saturated rings. The Morgan fingerprint density at radius 1 is 1.18 bits per heavy atom. The van der Waals surface area contributed by atoms with E-state index < -0.39 is 5.82 Å². The number of aryl methyl sites for hydroxylation is 2. The second kappa shape index (κ2) is 16.8. The second-order valence-corrected chi connectivity index (χ2v) is 15.6. The Bertz CT molecular complexity index is 2030. The summed E-state index contributed by atoms with van der Waals surface area (Å²) in [5.74, 6) is 0.248. The van der Waals surface area contributed by atoms with E-state index >= 15 is 0 Å². The molecule has 55 heavy (non-hydrogen) atoms. The van der Waals surface area contributed by atoms with Gasteiger partial charge in [0.1, 0.15) is 29.9 Å². The van der Waals surface area contributed by atoms with Crippen LogP contribution in [-0.2, 0) is 22.6 Å². The molecule has 0 bridgehead atoms. The van der Waals surface area contributed by atoms with Crippen molar-refractivity contribution in [1.82, 2.24) is 24.6 Å². The number of nitrogens with one attached hydrogen (secondary N) is 1. The van der Waals surface area contributed by atoms with Gasteiger partial charge in [-0.15, -0.1) is 0 Å². The van der Waals surface area contributed by atoms with Crippen LogP contribution < -0.4 is 10.1 Å². The number of morpholine rings is 1. The van der Waals surface area contributed by atoms with E-state index in [2.05, 4.69) is 61.5 Å². The van der Waals surface area contributed by atoms with E-state index in [0.717, 1.165) is 56.5 Å². The molecule has 3 aromatic rings. The summed E-state index contributed by atoms with van der Waals surface area (Å²) in [6.07, 6.45) is 4.15. The van der Waals surface area contributed by atoms with Crippen LogP contribution >= 0.6 is 0 Å². The molecular weight excluding hydrogens is 700 g/mol. The van der Waals surface area contributed by atoms with E-state index in [1.807, 2.05) is 33.8 Å². The summed E-state index contributed by atoms with van der Waals surface area (Å²) in [7, 11) is 1.71. The molecule has 2 amide bonds. The molecule has 0 saturated carbocycles. The zero-order valence-corrected chi connectivity index (χ0v) is 32.9. The van der Waals surface area contributed by atoms with Gasteiger partial charge in [0.05, 0.1) is 17.9 Å². The van der Waals surface area contributed by atoms with Gasteiger partial charge in [-0.2, -0.15) is 5.26 Å². The first-order chi connectivity index (χ1) is 26.4. The quantitative estimate of drug-likeness (QED) is 0.144. The maximum absolute atomic E-state index is 14.6. The van der Waals surface area contributed by atoms with Crippen LogP contribution in [-0.4, -0.2) is 108 Å². The lowest BCUT2D eigenvalue weighted by Gasteiger charge is -2.31. The summed E-state index contributed by atoms with van der Waals surface area (Å²) in [5, 5.41) is 13.9. The van der Waals surface area contributed by atoms with Crippen LogP contribution in [0, 0.1) is 29.5 Å². The summed E-state index contributed by atoms with van der Waals surface area (Å²) >= 11 is 0. The molecular formula is C42H53FN8O4. The Kier molecular flexibility index (Phi) is 12.1. The number of nitriles is 1. The Morgan fingerprint density at radius 2 is 1.95 bits per heavy atom. The third kappa shape index (κ3) is 8.45. The van der Waals surface area contributed by atoms with Gasteiger partial charge in [-0.05, 0) is 109 Å². The topological polar surface area (TPSA) is 128 Å². The first kappa shape index (κ1) is 39.6. The van der Waals surface area contributed by atoms with Gasteiger partial charge in [0, 0.05) is 74.7 Å².